The van der Waals surface area contributed by atoms with Crippen LogP contribution in [0.1, 0.15) is 34.8 Å². The van der Waals surface area contributed by atoms with E-state index in [0.29, 0.717) is 48.8 Å². The third-order valence-electron chi connectivity index (χ3n) is 6.69. The Morgan fingerprint density at radius 1 is 1.10 bits per heavy atom. The van der Waals surface area contributed by atoms with E-state index in [9.17, 15) is 14.0 Å². The molecule has 0 saturated heterocycles. The molecule has 2 aliphatic rings. The number of ether oxygens (including phenoxy) is 1. The summed E-state index contributed by atoms with van der Waals surface area (Å²) in [6.07, 6.45) is -0.801. The van der Waals surface area contributed by atoms with E-state index in [1.54, 1.807) is 36.4 Å². The summed E-state index contributed by atoms with van der Waals surface area (Å²) in [6, 6.07) is 16.4. The van der Waals surface area contributed by atoms with Gasteiger partial charge in [0.25, 0.3) is 11.8 Å². The number of carbonyl (C=O) groups is 2. The predicted molar refractivity (Wildman–Crippen MR) is 148 cm³/mol. The first kappa shape index (κ1) is 26.1. The second-order valence-corrected chi connectivity index (χ2v) is 9.39. The van der Waals surface area contributed by atoms with E-state index >= 15 is 4.39 Å². The second kappa shape index (κ2) is 10.8. The highest BCUT2D eigenvalue weighted by atomic mass is 19.1. The molecule has 3 N–H and O–H groups in total. The molecule has 2 amide bonds. The molecule has 0 radical (unpaired) electrons. The van der Waals surface area contributed by atoms with E-state index in [2.05, 4.69) is 31.0 Å². The zero-order chi connectivity index (χ0) is 28.5. The van der Waals surface area contributed by atoms with Gasteiger partial charge in [0.2, 0.25) is 18.0 Å². The Morgan fingerprint density at radius 3 is 2.71 bits per heavy atom. The number of nitrogens with zero attached hydrogens (tertiary/aromatic N) is 4. The third kappa shape index (κ3) is 4.88. The van der Waals surface area contributed by atoms with E-state index in [4.69, 9.17) is 4.74 Å². The van der Waals surface area contributed by atoms with Gasteiger partial charge in [0.1, 0.15) is 22.9 Å². The number of para-hydroxylation sites is 1. The summed E-state index contributed by atoms with van der Waals surface area (Å²) in [7, 11) is 0. The van der Waals surface area contributed by atoms with E-state index in [1.165, 1.54) is 22.9 Å². The number of aliphatic imine (C=N–C) groups is 1. The summed E-state index contributed by atoms with van der Waals surface area (Å²) in [4.78, 5) is 35.6. The van der Waals surface area contributed by atoms with Gasteiger partial charge in [0, 0.05) is 30.6 Å². The lowest BCUT2D eigenvalue weighted by Crippen LogP contribution is -2.42. The number of fused-ring (bicyclic) bond motifs is 2. The molecular formula is C29H25F2N7O3. The van der Waals surface area contributed by atoms with Crippen molar-refractivity contribution in [3.8, 4) is 17.1 Å². The Morgan fingerprint density at radius 2 is 1.93 bits per heavy atom. The molecule has 4 heterocycles. The van der Waals surface area contributed by atoms with Crippen molar-refractivity contribution in [2.24, 2.45) is 4.99 Å². The van der Waals surface area contributed by atoms with Gasteiger partial charge in [-0.3, -0.25) is 9.59 Å². The number of pyridine rings is 1. The number of benzene rings is 2. The van der Waals surface area contributed by atoms with Crippen molar-refractivity contribution in [3.05, 3.63) is 89.1 Å². The fourth-order valence-corrected chi connectivity index (χ4v) is 4.83. The number of hydrogen-bond acceptors (Lipinski definition) is 7. The molecule has 2 aromatic heterocycles. The molecule has 6 rings (SSSR count). The number of halogens is 2. The van der Waals surface area contributed by atoms with Crippen molar-refractivity contribution in [1.82, 2.24) is 20.1 Å². The Bertz CT molecular complexity index is 1690. The van der Waals surface area contributed by atoms with Crippen LogP contribution in [0, 0.1) is 11.8 Å². The molecule has 0 saturated carbocycles. The average Bonchev–Trinajstić information content (AvgIpc) is 3.29. The van der Waals surface area contributed by atoms with E-state index in [1.807, 2.05) is 13.0 Å². The zero-order valence-electron chi connectivity index (χ0n) is 21.9. The van der Waals surface area contributed by atoms with Crippen molar-refractivity contribution in [2.75, 3.05) is 23.8 Å². The molecule has 0 unspecified atom stereocenters. The smallest absolute Gasteiger partial charge is 0.269 e. The van der Waals surface area contributed by atoms with Gasteiger partial charge in [-0.2, -0.15) is 9.49 Å². The molecule has 10 nitrogen and oxygen atoms in total. The van der Waals surface area contributed by atoms with Gasteiger partial charge in [0.15, 0.2) is 0 Å². The maximum Gasteiger partial charge on any atom is 0.269 e. The molecule has 0 fully saturated rings. The lowest BCUT2D eigenvalue weighted by molar-refractivity contribution is -0.117. The van der Waals surface area contributed by atoms with Crippen LogP contribution in [0.4, 0.5) is 20.3 Å². The summed E-state index contributed by atoms with van der Waals surface area (Å²) in [5, 5.41) is 12.6. The van der Waals surface area contributed by atoms with Gasteiger partial charge in [-0.25, -0.2) is 19.0 Å². The van der Waals surface area contributed by atoms with Crippen LogP contribution in [0.5, 0.6) is 5.88 Å². The number of benzodiazepines with no additional fused rings is 1. The largest absolute Gasteiger partial charge is 0.477 e. The number of carbonyl (C=O) groups excluding carboxylic acids is 2. The molecular weight excluding hydrogens is 532 g/mol. The topological polar surface area (TPSA) is 123 Å². The van der Waals surface area contributed by atoms with Crippen LogP contribution in [0.3, 0.4) is 0 Å². The van der Waals surface area contributed by atoms with Crippen molar-refractivity contribution < 1.29 is 23.1 Å². The van der Waals surface area contributed by atoms with E-state index in [0.717, 1.165) is 0 Å². The quantitative estimate of drug-likeness (QED) is 0.308. The standard InChI is InChI=1S/C29H25F2N7O3/c1-2-32-20-13-12-18(25(31)33-20)24-21(29-38(37-24)14-7-15-41-29)27(39)36-26-28(40)35-23-17(10-6-11-19(23)30)22(34-26)16-8-4-3-5-9-16/h3-6,8-13,26H,2,7,14-15H2,1H3,(H,32,33)(H,35,40)(H,36,39)/t26-/m1/s1. The van der Waals surface area contributed by atoms with E-state index in [-0.39, 0.29) is 28.4 Å². The van der Waals surface area contributed by atoms with Crippen molar-refractivity contribution in [2.45, 2.75) is 26.1 Å². The summed E-state index contributed by atoms with van der Waals surface area (Å²) < 4.78 is 37.3. The van der Waals surface area contributed by atoms with Crippen LogP contribution in [0.2, 0.25) is 0 Å². The Labute approximate surface area is 233 Å². The fourth-order valence-electron chi connectivity index (χ4n) is 4.83. The number of rotatable bonds is 6. The zero-order valence-corrected chi connectivity index (χ0v) is 21.9. The lowest BCUT2D eigenvalue weighted by atomic mass is 10.0. The second-order valence-electron chi connectivity index (χ2n) is 9.39. The van der Waals surface area contributed by atoms with Gasteiger partial charge in [-0.15, -0.1) is 0 Å². The van der Waals surface area contributed by atoms with Gasteiger partial charge < -0.3 is 20.7 Å². The molecule has 0 aliphatic carbocycles. The number of aryl methyl sites for hydroxylation is 1. The molecule has 208 valence electrons. The average molecular weight is 558 g/mol. The SMILES string of the molecule is CCNc1ccc(-c2nn3c(c2C(=O)N[C@H]2N=C(c4ccccc4)c4cccc(F)c4NC2=O)OCCC3)c(F)n1. The molecule has 0 spiro atoms. The van der Waals surface area contributed by atoms with Crippen molar-refractivity contribution >= 4 is 29.0 Å². The van der Waals surface area contributed by atoms with Gasteiger partial charge in [0.05, 0.1) is 23.6 Å². The van der Waals surface area contributed by atoms with Crippen LogP contribution >= 0.6 is 0 Å². The van der Waals surface area contributed by atoms with Crippen LogP contribution in [0.15, 0.2) is 65.7 Å². The monoisotopic (exact) mass is 557 g/mol. The van der Waals surface area contributed by atoms with Crippen LogP contribution in [0.25, 0.3) is 11.3 Å². The van der Waals surface area contributed by atoms with Crippen molar-refractivity contribution in [1.29, 1.82) is 0 Å². The van der Waals surface area contributed by atoms with Gasteiger partial charge >= 0.3 is 0 Å². The summed E-state index contributed by atoms with van der Waals surface area (Å²) in [5.74, 6) is -2.49. The summed E-state index contributed by atoms with van der Waals surface area (Å²) in [5.41, 5.74) is 1.21. The van der Waals surface area contributed by atoms with Gasteiger partial charge in [-0.1, -0.05) is 42.5 Å². The minimum atomic E-state index is -1.45. The first-order chi connectivity index (χ1) is 19.9. The number of hydrogen-bond donors (Lipinski definition) is 3. The van der Waals surface area contributed by atoms with E-state index < -0.39 is 29.7 Å². The maximum absolute atomic E-state index is 15.2. The fraction of sp³-hybridized carbons (Fsp3) is 0.207. The van der Waals surface area contributed by atoms with Crippen LogP contribution < -0.4 is 20.7 Å². The molecule has 41 heavy (non-hydrogen) atoms. The van der Waals surface area contributed by atoms with Gasteiger partial charge in [-0.05, 0) is 25.1 Å². The number of anilines is 2. The first-order valence-corrected chi connectivity index (χ1v) is 13.1. The van der Waals surface area contributed by atoms with Crippen molar-refractivity contribution in [3.63, 3.8) is 0 Å². The molecule has 2 aromatic carbocycles. The molecule has 2 aliphatic heterocycles. The third-order valence-corrected chi connectivity index (χ3v) is 6.69. The highest BCUT2D eigenvalue weighted by molar-refractivity contribution is 6.20. The first-order valence-electron chi connectivity index (χ1n) is 13.1. The summed E-state index contributed by atoms with van der Waals surface area (Å²) in [6.45, 7) is 3.20. The molecule has 12 heteroatoms. The summed E-state index contributed by atoms with van der Waals surface area (Å²) >= 11 is 0. The Hall–Kier alpha value is -5.13. The normalized spacial score (nSPS) is 15.9. The minimum Gasteiger partial charge on any atom is -0.477 e. The number of amides is 2. The van der Waals surface area contributed by atoms with Crippen LogP contribution in [-0.4, -0.2) is 51.6 Å². The predicted octanol–water partition coefficient (Wildman–Crippen LogP) is 3.98. The molecule has 4 aromatic rings. The maximum atomic E-state index is 15.2. The number of nitrogens with one attached hydrogen (secondary N) is 3. The van der Waals surface area contributed by atoms with Crippen LogP contribution in [-0.2, 0) is 11.3 Å². The number of aromatic nitrogens is 3. The minimum absolute atomic E-state index is 0.00410. The highest BCUT2D eigenvalue weighted by Gasteiger charge is 2.34. The highest BCUT2D eigenvalue weighted by Crippen LogP contribution is 2.34. The molecule has 1 atom stereocenters. The molecule has 0 bridgehead atoms. The lowest BCUT2D eigenvalue weighted by Gasteiger charge is -2.17. The Kier molecular flexibility index (Phi) is 6.88. The Balaban J connectivity index is 1.42.